The lowest BCUT2D eigenvalue weighted by Crippen LogP contribution is -2.41. The van der Waals surface area contributed by atoms with E-state index in [0.717, 1.165) is 6.42 Å². The molecule has 1 heterocycles. The van der Waals surface area contributed by atoms with E-state index in [1.54, 1.807) is 18.2 Å². The summed E-state index contributed by atoms with van der Waals surface area (Å²) < 4.78 is 32.2. The molecule has 138 valence electrons. The van der Waals surface area contributed by atoms with Gasteiger partial charge < -0.3 is 10.5 Å². The Kier molecular flexibility index (Phi) is 9.30. The number of benzene rings is 1. The van der Waals surface area contributed by atoms with Gasteiger partial charge in [-0.3, -0.25) is 0 Å². The van der Waals surface area contributed by atoms with Crippen LogP contribution in [-0.4, -0.2) is 45.1 Å². The Labute approximate surface area is 159 Å². The SMILES string of the molecule is Cl.NCCCOC1CCN(S(=O)(=O)Cc2ccc(Cl)c(Cl)c2)CC1. The third-order valence-corrected chi connectivity index (χ3v) is 6.42. The number of hydrogen-bond donors (Lipinski definition) is 1. The summed E-state index contributed by atoms with van der Waals surface area (Å²) in [5.41, 5.74) is 6.07. The first-order chi connectivity index (χ1) is 10.9. The van der Waals surface area contributed by atoms with Gasteiger partial charge in [-0.2, -0.15) is 0 Å². The Morgan fingerprint density at radius 1 is 1.21 bits per heavy atom. The van der Waals surface area contributed by atoms with E-state index in [1.165, 1.54) is 4.31 Å². The molecule has 0 amide bonds. The Morgan fingerprint density at radius 2 is 1.88 bits per heavy atom. The van der Waals surface area contributed by atoms with E-state index < -0.39 is 10.0 Å². The van der Waals surface area contributed by atoms with Gasteiger partial charge in [-0.25, -0.2) is 12.7 Å². The maximum Gasteiger partial charge on any atom is 0.218 e. The number of sulfonamides is 1. The molecule has 1 saturated heterocycles. The van der Waals surface area contributed by atoms with Crippen molar-refractivity contribution in [3.63, 3.8) is 0 Å². The first kappa shape index (κ1) is 22.0. The molecular formula is C15H23Cl3N2O3S. The molecule has 0 atom stereocenters. The van der Waals surface area contributed by atoms with Crippen LogP contribution in [0.2, 0.25) is 10.0 Å². The summed E-state index contributed by atoms with van der Waals surface area (Å²) in [6.45, 7) is 2.21. The van der Waals surface area contributed by atoms with Crippen molar-refractivity contribution >= 4 is 45.6 Å². The zero-order chi connectivity index (χ0) is 16.9. The zero-order valence-corrected chi connectivity index (χ0v) is 16.4. The first-order valence-electron chi connectivity index (χ1n) is 7.66. The van der Waals surface area contributed by atoms with Crippen LogP contribution in [0.5, 0.6) is 0 Å². The smallest absolute Gasteiger partial charge is 0.218 e. The van der Waals surface area contributed by atoms with Gasteiger partial charge in [-0.05, 0) is 43.5 Å². The minimum absolute atomic E-state index is 0. The van der Waals surface area contributed by atoms with Gasteiger partial charge in [0.25, 0.3) is 0 Å². The van der Waals surface area contributed by atoms with Crippen molar-refractivity contribution in [3.8, 4) is 0 Å². The fourth-order valence-electron chi connectivity index (χ4n) is 2.54. The van der Waals surface area contributed by atoms with Gasteiger partial charge in [0.15, 0.2) is 0 Å². The van der Waals surface area contributed by atoms with Crippen LogP contribution < -0.4 is 5.73 Å². The lowest BCUT2D eigenvalue weighted by Gasteiger charge is -2.31. The van der Waals surface area contributed by atoms with Crippen LogP contribution in [0.25, 0.3) is 0 Å². The molecule has 1 aromatic rings. The van der Waals surface area contributed by atoms with Crippen LogP contribution in [0, 0.1) is 0 Å². The van der Waals surface area contributed by atoms with Crippen LogP contribution in [-0.2, 0) is 20.5 Å². The first-order valence-corrected chi connectivity index (χ1v) is 10.0. The Hall–Kier alpha value is -0.0800. The molecule has 0 aliphatic carbocycles. The van der Waals surface area contributed by atoms with Crippen molar-refractivity contribution in [2.75, 3.05) is 26.2 Å². The summed E-state index contributed by atoms with van der Waals surface area (Å²) in [4.78, 5) is 0. The number of ether oxygens (including phenoxy) is 1. The zero-order valence-electron chi connectivity index (χ0n) is 13.3. The van der Waals surface area contributed by atoms with Crippen molar-refractivity contribution < 1.29 is 13.2 Å². The van der Waals surface area contributed by atoms with E-state index in [-0.39, 0.29) is 24.3 Å². The van der Waals surface area contributed by atoms with Gasteiger partial charge >= 0.3 is 0 Å². The Morgan fingerprint density at radius 3 is 2.46 bits per heavy atom. The van der Waals surface area contributed by atoms with Gasteiger partial charge in [-0.15, -0.1) is 12.4 Å². The lowest BCUT2D eigenvalue weighted by atomic mass is 10.1. The second kappa shape index (κ2) is 10.2. The highest BCUT2D eigenvalue weighted by atomic mass is 35.5. The van der Waals surface area contributed by atoms with Crippen molar-refractivity contribution in [2.24, 2.45) is 5.73 Å². The highest BCUT2D eigenvalue weighted by Crippen LogP contribution is 2.25. The van der Waals surface area contributed by atoms with E-state index in [4.69, 9.17) is 33.7 Å². The standard InChI is InChI=1S/C15H22Cl2N2O3S.ClH/c16-14-3-2-12(10-15(14)17)11-23(20,21)19-7-4-13(5-8-19)22-9-1-6-18;/h2-3,10,13H,1,4-9,11,18H2;1H. The van der Waals surface area contributed by atoms with Crippen LogP contribution >= 0.6 is 35.6 Å². The molecule has 1 aliphatic rings. The van der Waals surface area contributed by atoms with Crippen LogP contribution in [0.3, 0.4) is 0 Å². The summed E-state index contributed by atoms with van der Waals surface area (Å²) >= 11 is 11.8. The van der Waals surface area contributed by atoms with E-state index in [1.807, 2.05) is 0 Å². The van der Waals surface area contributed by atoms with E-state index in [0.29, 0.717) is 54.7 Å². The summed E-state index contributed by atoms with van der Waals surface area (Å²) in [5, 5.41) is 0.787. The number of nitrogens with two attached hydrogens (primary N) is 1. The summed E-state index contributed by atoms with van der Waals surface area (Å²) in [5.74, 6) is -0.0669. The van der Waals surface area contributed by atoms with Crippen molar-refractivity contribution in [2.45, 2.75) is 31.1 Å². The van der Waals surface area contributed by atoms with Gasteiger partial charge in [0, 0.05) is 19.7 Å². The van der Waals surface area contributed by atoms with Crippen molar-refractivity contribution in [1.29, 1.82) is 0 Å². The van der Waals surface area contributed by atoms with E-state index >= 15 is 0 Å². The topological polar surface area (TPSA) is 72.6 Å². The molecule has 5 nitrogen and oxygen atoms in total. The largest absolute Gasteiger partial charge is 0.378 e. The van der Waals surface area contributed by atoms with E-state index in [9.17, 15) is 8.42 Å². The summed E-state index contributed by atoms with van der Waals surface area (Å²) in [6, 6.07) is 4.91. The molecule has 1 aliphatic heterocycles. The minimum Gasteiger partial charge on any atom is -0.378 e. The van der Waals surface area contributed by atoms with Gasteiger partial charge in [0.1, 0.15) is 0 Å². The number of hydrogen-bond acceptors (Lipinski definition) is 4. The maximum atomic E-state index is 12.5. The molecule has 2 rings (SSSR count). The molecule has 0 saturated carbocycles. The van der Waals surface area contributed by atoms with Gasteiger partial charge in [-0.1, -0.05) is 29.3 Å². The molecule has 24 heavy (non-hydrogen) atoms. The number of piperidine rings is 1. The van der Waals surface area contributed by atoms with Crippen LogP contribution in [0.1, 0.15) is 24.8 Å². The lowest BCUT2D eigenvalue weighted by molar-refractivity contribution is 0.0208. The fraction of sp³-hybridized carbons (Fsp3) is 0.600. The minimum atomic E-state index is -3.36. The predicted octanol–water partition coefficient (Wildman–Crippen LogP) is 3.07. The van der Waals surface area contributed by atoms with Gasteiger partial charge in [0.05, 0.1) is 21.9 Å². The average molecular weight is 418 g/mol. The van der Waals surface area contributed by atoms with Crippen molar-refractivity contribution in [1.82, 2.24) is 4.31 Å². The third-order valence-electron chi connectivity index (χ3n) is 3.83. The average Bonchev–Trinajstić information content (AvgIpc) is 2.51. The highest BCUT2D eigenvalue weighted by Gasteiger charge is 2.28. The van der Waals surface area contributed by atoms with Crippen LogP contribution in [0.4, 0.5) is 0 Å². The monoisotopic (exact) mass is 416 g/mol. The molecule has 0 aromatic heterocycles. The summed E-state index contributed by atoms with van der Waals surface area (Å²) in [6.07, 6.45) is 2.38. The molecule has 0 radical (unpaired) electrons. The molecule has 1 aromatic carbocycles. The molecule has 0 spiro atoms. The molecule has 2 N–H and O–H groups in total. The Bertz CT molecular complexity index is 620. The summed E-state index contributed by atoms with van der Waals surface area (Å²) in [7, 11) is -3.36. The fourth-order valence-corrected chi connectivity index (χ4v) is 4.41. The van der Waals surface area contributed by atoms with Crippen LogP contribution in [0.15, 0.2) is 18.2 Å². The number of halogens is 3. The Balaban J connectivity index is 0.00000288. The second-order valence-electron chi connectivity index (χ2n) is 5.62. The molecule has 1 fully saturated rings. The number of nitrogens with zero attached hydrogens (tertiary/aromatic N) is 1. The number of rotatable bonds is 7. The van der Waals surface area contributed by atoms with E-state index in [2.05, 4.69) is 0 Å². The quantitative estimate of drug-likeness (QED) is 0.692. The third kappa shape index (κ3) is 6.33. The predicted molar refractivity (Wildman–Crippen MR) is 101 cm³/mol. The second-order valence-corrected chi connectivity index (χ2v) is 8.40. The highest BCUT2D eigenvalue weighted by molar-refractivity contribution is 7.88. The molecule has 0 bridgehead atoms. The molecule has 0 unspecified atom stereocenters. The maximum absolute atomic E-state index is 12.5. The van der Waals surface area contributed by atoms with Gasteiger partial charge in [0.2, 0.25) is 10.0 Å². The molecule has 9 heteroatoms. The normalized spacial score (nSPS) is 16.8. The van der Waals surface area contributed by atoms with Crippen molar-refractivity contribution in [3.05, 3.63) is 33.8 Å². The molecular weight excluding hydrogens is 395 g/mol.